The summed E-state index contributed by atoms with van der Waals surface area (Å²) >= 11 is 1.19. The number of imide groups is 2. The summed E-state index contributed by atoms with van der Waals surface area (Å²) in [5.74, 6) is 0. The predicted octanol–water partition coefficient (Wildman–Crippen LogP) is 3.54. The fourth-order valence-corrected chi connectivity index (χ4v) is 2.87. The summed E-state index contributed by atoms with van der Waals surface area (Å²) in [5.41, 5.74) is 4.61. The Labute approximate surface area is 139 Å². The van der Waals surface area contributed by atoms with E-state index in [4.69, 9.17) is 10.5 Å². The molecular weight excluding hydrogens is 318 g/mol. The summed E-state index contributed by atoms with van der Waals surface area (Å²) in [6.45, 7) is 5.17. The van der Waals surface area contributed by atoms with Crippen molar-refractivity contribution in [1.29, 1.82) is 0 Å². The summed E-state index contributed by atoms with van der Waals surface area (Å²) in [6, 6.07) is 1.34. The van der Waals surface area contributed by atoms with Crippen LogP contribution in [0.1, 0.15) is 40.0 Å². The first-order valence-corrected chi connectivity index (χ1v) is 8.28. The van der Waals surface area contributed by atoms with E-state index in [0.717, 1.165) is 16.2 Å². The molecule has 1 fully saturated rings. The molecule has 1 aromatic rings. The van der Waals surface area contributed by atoms with Crippen LogP contribution >= 0.6 is 11.3 Å². The van der Waals surface area contributed by atoms with E-state index in [0.29, 0.717) is 17.8 Å². The molecule has 8 heteroatoms. The predicted molar refractivity (Wildman–Crippen MR) is 87.5 cm³/mol. The first-order chi connectivity index (χ1) is 10.7. The van der Waals surface area contributed by atoms with Crippen LogP contribution in [0, 0.1) is 0 Å². The van der Waals surface area contributed by atoms with Crippen LogP contribution in [-0.4, -0.2) is 34.7 Å². The molecule has 7 nitrogen and oxygen atoms in total. The molecule has 1 heterocycles. The van der Waals surface area contributed by atoms with E-state index in [1.807, 2.05) is 0 Å². The van der Waals surface area contributed by atoms with Crippen LogP contribution in [0.4, 0.5) is 19.4 Å². The van der Waals surface area contributed by atoms with Gasteiger partial charge in [-0.1, -0.05) is 0 Å². The zero-order valence-electron chi connectivity index (χ0n) is 13.4. The lowest BCUT2D eigenvalue weighted by Gasteiger charge is -2.38. The van der Waals surface area contributed by atoms with Gasteiger partial charge in [-0.05, 0) is 57.5 Å². The summed E-state index contributed by atoms with van der Waals surface area (Å²) in [7, 11) is 0. The topological polar surface area (TPSA) is 92.9 Å². The first-order valence-electron chi connectivity index (χ1n) is 7.40. The van der Waals surface area contributed by atoms with Crippen LogP contribution < -0.4 is 10.6 Å². The number of urea groups is 2. The Kier molecular flexibility index (Phi) is 4.93. The second-order valence-electron chi connectivity index (χ2n) is 6.34. The first kappa shape index (κ1) is 17.3. The Morgan fingerprint density at radius 2 is 1.96 bits per heavy atom. The smallest absolute Gasteiger partial charge is 0.418 e. The summed E-state index contributed by atoms with van der Waals surface area (Å²) < 4.78 is 5.32. The standard InChI is InChI=1S/C15H21N3O4S/c1-15(2,3)22-14(21)17(10-6-4-7-10)13(20)18(12(16)19)11-8-5-9-23-11/h5,8-10H,4,6-7H2,1-3H3,(H2,16,19). The third kappa shape index (κ3) is 4.01. The Morgan fingerprint density at radius 1 is 1.30 bits per heavy atom. The lowest BCUT2D eigenvalue weighted by Crippen LogP contribution is -2.56. The molecule has 0 bridgehead atoms. The molecule has 0 saturated heterocycles. The van der Waals surface area contributed by atoms with E-state index in [9.17, 15) is 14.4 Å². The van der Waals surface area contributed by atoms with Gasteiger partial charge in [0.05, 0.1) is 0 Å². The van der Waals surface area contributed by atoms with Gasteiger partial charge in [-0.15, -0.1) is 11.3 Å². The van der Waals surface area contributed by atoms with E-state index in [1.54, 1.807) is 38.3 Å². The van der Waals surface area contributed by atoms with Crippen LogP contribution in [0.25, 0.3) is 0 Å². The van der Waals surface area contributed by atoms with Crippen molar-refractivity contribution in [1.82, 2.24) is 4.90 Å². The van der Waals surface area contributed by atoms with Crippen LogP contribution in [-0.2, 0) is 4.74 Å². The molecule has 5 amide bonds. The number of hydrogen-bond donors (Lipinski definition) is 1. The van der Waals surface area contributed by atoms with Crippen molar-refractivity contribution in [2.24, 2.45) is 5.73 Å². The van der Waals surface area contributed by atoms with Crippen molar-refractivity contribution >= 4 is 34.5 Å². The quantitative estimate of drug-likeness (QED) is 0.892. The van der Waals surface area contributed by atoms with Crippen LogP contribution in [0.15, 0.2) is 17.5 Å². The largest absolute Gasteiger partial charge is 0.443 e. The summed E-state index contributed by atoms with van der Waals surface area (Å²) in [4.78, 5) is 38.8. The van der Waals surface area contributed by atoms with Gasteiger partial charge in [0, 0.05) is 6.04 Å². The normalized spacial score (nSPS) is 14.7. The minimum absolute atomic E-state index is 0.265. The minimum atomic E-state index is -0.926. The monoisotopic (exact) mass is 339 g/mol. The number of nitrogens with zero attached hydrogens (tertiary/aromatic N) is 2. The molecule has 0 spiro atoms. The number of nitrogens with two attached hydrogens (primary N) is 1. The Morgan fingerprint density at radius 3 is 2.35 bits per heavy atom. The maximum absolute atomic E-state index is 12.8. The third-order valence-corrected chi connectivity index (χ3v) is 4.23. The number of hydrogen-bond acceptors (Lipinski definition) is 5. The van der Waals surface area contributed by atoms with E-state index >= 15 is 0 Å². The maximum Gasteiger partial charge on any atom is 0.418 e. The van der Waals surface area contributed by atoms with Crippen LogP contribution in [0.5, 0.6) is 0 Å². The van der Waals surface area contributed by atoms with Crippen molar-refractivity contribution in [3.05, 3.63) is 17.5 Å². The summed E-state index contributed by atoms with van der Waals surface area (Å²) in [5, 5.41) is 2.09. The number of thiophene rings is 1. The molecule has 126 valence electrons. The van der Waals surface area contributed by atoms with Gasteiger partial charge in [-0.2, -0.15) is 0 Å². The zero-order valence-corrected chi connectivity index (χ0v) is 14.3. The average Bonchev–Trinajstić information content (AvgIpc) is 2.84. The molecule has 1 aliphatic carbocycles. The highest BCUT2D eigenvalue weighted by Crippen LogP contribution is 2.30. The zero-order chi connectivity index (χ0) is 17.2. The molecular formula is C15H21N3O4S. The van der Waals surface area contributed by atoms with Gasteiger partial charge in [-0.3, -0.25) is 0 Å². The molecule has 0 unspecified atom stereocenters. The van der Waals surface area contributed by atoms with Gasteiger partial charge in [0.1, 0.15) is 10.6 Å². The number of rotatable bonds is 2. The highest BCUT2D eigenvalue weighted by Gasteiger charge is 2.40. The molecule has 23 heavy (non-hydrogen) atoms. The number of anilines is 1. The van der Waals surface area contributed by atoms with Gasteiger partial charge >= 0.3 is 18.2 Å². The molecule has 0 radical (unpaired) electrons. The van der Waals surface area contributed by atoms with E-state index in [2.05, 4.69) is 0 Å². The number of carbonyl (C=O) groups is 3. The Bertz CT molecular complexity index is 590. The summed E-state index contributed by atoms with van der Waals surface area (Å²) in [6.07, 6.45) is 1.56. The van der Waals surface area contributed by atoms with Crippen LogP contribution in [0.3, 0.4) is 0 Å². The van der Waals surface area contributed by atoms with E-state index in [-0.39, 0.29) is 6.04 Å². The lowest BCUT2D eigenvalue weighted by atomic mass is 9.92. The SMILES string of the molecule is CC(C)(C)OC(=O)N(C(=O)N(C(N)=O)c1cccs1)C1CCC1. The van der Waals surface area contributed by atoms with Gasteiger partial charge in [0.2, 0.25) is 0 Å². The molecule has 2 N–H and O–H groups in total. The fraction of sp³-hybridized carbons (Fsp3) is 0.533. The number of carbonyl (C=O) groups excluding carboxylic acids is 3. The van der Waals surface area contributed by atoms with Gasteiger partial charge in [0.15, 0.2) is 0 Å². The highest BCUT2D eigenvalue weighted by molar-refractivity contribution is 7.14. The van der Waals surface area contributed by atoms with E-state index in [1.165, 1.54) is 11.3 Å². The molecule has 0 atom stereocenters. The number of ether oxygens (including phenoxy) is 1. The molecule has 0 aromatic carbocycles. The second-order valence-corrected chi connectivity index (χ2v) is 7.27. The Hall–Kier alpha value is -2.09. The van der Waals surface area contributed by atoms with Gasteiger partial charge in [0.25, 0.3) is 0 Å². The lowest BCUT2D eigenvalue weighted by molar-refractivity contribution is 0.0193. The minimum Gasteiger partial charge on any atom is -0.443 e. The van der Waals surface area contributed by atoms with Crippen molar-refractivity contribution < 1.29 is 19.1 Å². The van der Waals surface area contributed by atoms with Crippen molar-refractivity contribution in [2.75, 3.05) is 4.90 Å². The highest BCUT2D eigenvalue weighted by atomic mass is 32.1. The molecule has 1 aromatic heterocycles. The molecule has 2 rings (SSSR count). The Balaban J connectivity index is 2.28. The molecule has 1 saturated carbocycles. The maximum atomic E-state index is 12.8. The molecule has 1 aliphatic rings. The third-order valence-electron chi connectivity index (χ3n) is 3.37. The van der Waals surface area contributed by atoms with Crippen LogP contribution in [0.2, 0.25) is 0 Å². The average molecular weight is 339 g/mol. The number of amides is 5. The van der Waals surface area contributed by atoms with Gasteiger partial charge in [-0.25, -0.2) is 24.2 Å². The van der Waals surface area contributed by atoms with Crippen molar-refractivity contribution in [3.8, 4) is 0 Å². The number of primary amides is 1. The second kappa shape index (κ2) is 6.57. The van der Waals surface area contributed by atoms with Crippen molar-refractivity contribution in [2.45, 2.75) is 51.7 Å². The fourth-order valence-electron chi connectivity index (χ4n) is 2.14. The van der Waals surface area contributed by atoms with Gasteiger partial charge < -0.3 is 10.5 Å². The molecule has 0 aliphatic heterocycles. The van der Waals surface area contributed by atoms with E-state index < -0.39 is 23.8 Å². The van der Waals surface area contributed by atoms with Crippen molar-refractivity contribution in [3.63, 3.8) is 0 Å².